The van der Waals surface area contributed by atoms with Crippen LogP contribution >= 0.6 is 11.6 Å². The number of amides is 3. The third-order valence-corrected chi connectivity index (χ3v) is 12.4. The summed E-state index contributed by atoms with van der Waals surface area (Å²) in [4.78, 5) is 48.5. The number of anilines is 1. The van der Waals surface area contributed by atoms with E-state index in [1.165, 1.54) is 5.56 Å². The minimum atomic E-state index is -0.173. The van der Waals surface area contributed by atoms with Crippen LogP contribution in [0.2, 0.25) is 5.02 Å². The van der Waals surface area contributed by atoms with E-state index in [2.05, 4.69) is 35.8 Å². The lowest BCUT2D eigenvalue weighted by atomic mass is 9.92. The highest BCUT2D eigenvalue weighted by atomic mass is 35.5. The number of carbonyl (C=O) groups is 3. The quantitative estimate of drug-likeness (QED) is 0.138. The van der Waals surface area contributed by atoms with Crippen molar-refractivity contribution in [3.05, 3.63) is 171 Å². The van der Waals surface area contributed by atoms with Gasteiger partial charge in [-0.2, -0.15) is 0 Å². The second-order valence-electron chi connectivity index (χ2n) is 16.0. The van der Waals surface area contributed by atoms with E-state index in [1.807, 2.05) is 89.8 Å². The minimum Gasteiger partial charge on any atom is -0.489 e. The van der Waals surface area contributed by atoms with Gasteiger partial charge in [-0.3, -0.25) is 14.4 Å². The molecule has 9 rings (SSSR count). The van der Waals surface area contributed by atoms with Crippen molar-refractivity contribution in [2.75, 3.05) is 18.6 Å². The molecule has 5 aromatic carbocycles. The molecule has 0 unspecified atom stereocenters. The Kier molecular flexibility index (Phi) is 10.9. The number of halogens is 1. The molecule has 60 heavy (non-hydrogen) atoms. The molecular weight excluding hydrogens is 772 g/mol. The lowest BCUT2D eigenvalue weighted by Gasteiger charge is -2.35. The number of ether oxygens (including phenoxy) is 2. The van der Waals surface area contributed by atoms with Crippen molar-refractivity contribution < 1.29 is 23.9 Å². The average Bonchev–Trinajstić information content (AvgIpc) is 3.89. The van der Waals surface area contributed by atoms with Crippen LogP contribution in [0.15, 0.2) is 121 Å². The fourth-order valence-corrected chi connectivity index (χ4v) is 8.99. The molecule has 3 amide bonds. The summed E-state index contributed by atoms with van der Waals surface area (Å²) in [5.41, 5.74) is 9.93. The summed E-state index contributed by atoms with van der Waals surface area (Å²) in [5, 5.41) is 0.443. The van der Waals surface area contributed by atoms with Crippen molar-refractivity contribution >= 4 is 35.0 Å². The zero-order valence-electron chi connectivity index (χ0n) is 33.9. The largest absolute Gasteiger partial charge is 0.489 e. The Morgan fingerprint density at radius 3 is 2.25 bits per heavy atom. The van der Waals surface area contributed by atoms with Crippen molar-refractivity contribution in [2.45, 2.75) is 71.4 Å². The maximum absolute atomic E-state index is 15.0. The molecule has 1 atom stereocenters. The van der Waals surface area contributed by atoms with Crippen LogP contribution in [-0.4, -0.2) is 51.8 Å². The molecule has 1 aromatic heterocycles. The van der Waals surface area contributed by atoms with Crippen LogP contribution in [0.3, 0.4) is 0 Å². The van der Waals surface area contributed by atoms with E-state index >= 15 is 0 Å². The Balaban J connectivity index is 1.04. The summed E-state index contributed by atoms with van der Waals surface area (Å²) in [6, 6.07) is 39.1. The summed E-state index contributed by atoms with van der Waals surface area (Å²) in [6.07, 6.45) is 3.45. The Hall–Kier alpha value is -6.32. The number of rotatable bonds is 10. The van der Waals surface area contributed by atoms with Crippen molar-refractivity contribution in [1.82, 2.24) is 14.4 Å². The molecule has 0 saturated heterocycles. The number of hydrogen-bond donors (Lipinski definition) is 0. The molecule has 3 aliphatic rings. The maximum Gasteiger partial charge on any atom is 0.261 e. The van der Waals surface area contributed by atoms with E-state index in [9.17, 15) is 14.4 Å². The van der Waals surface area contributed by atoms with Gasteiger partial charge in [0.05, 0.1) is 10.6 Å². The van der Waals surface area contributed by atoms with E-state index in [4.69, 9.17) is 21.1 Å². The first kappa shape index (κ1) is 39.2. The molecule has 304 valence electrons. The van der Waals surface area contributed by atoms with Crippen LogP contribution in [0.1, 0.15) is 74.0 Å². The third-order valence-electron chi connectivity index (χ3n) is 12.1. The van der Waals surface area contributed by atoms with Gasteiger partial charge in [0.2, 0.25) is 0 Å². The van der Waals surface area contributed by atoms with Gasteiger partial charge in [-0.25, -0.2) is 0 Å². The molecule has 0 bridgehead atoms. The number of benzene rings is 5. The number of carbonyl (C=O) groups excluding carboxylic acids is 3. The molecule has 9 nitrogen and oxygen atoms in total. The molecule has 0 saturated carbocycles. The topological polar surface area (TPSA) is 84.3 Å². The van der Waals surface area contributed by atoms with E-state index in [1.54, 1.807) is 29.0 Å². The van der Waals surface area contributed by atoms with E-state index in [-0.39, 0.29) is 30.4 Å². The molecule has 3 aliphatic heterocycles. The summed E-state index contributed by atoms with van der Waals surface area (Å²) < 4.78 is 14.1. The van der Waals surface area contributed by atoms with Gasteiger partial charge in [0.1, 0.15) is 18.1 Å². The van der Waals surface area contributed by atoms with Crippen LogP contribution in [0.4, 0.5) is 5.69 Å². The van der Waals surface area contributed by atoms with Crippen molar-refractivity contribution in [2.24, 2.45) is 0 Å². The fourth-order valence-electron chi connectivity index (χ4n) is 8.80. The van der Waals surface area contributed by atoms with Crippen LogP contribution in [0, 0.1) is 0 Å². The number of para-hydroxylation sites is 1. The number of fused-ring (bicyclic) bond motifs is 3. The van der Waals surface area contributed by atoms with Gasteiger partial charge in [0, 0.05) is 67.5 Å². The highest BCUT2D eigenvalue weighted by molar-refractivity contribution is 6.32. The van der Waals surface area contributed by atoms with Crippen LogP contribution in [-0.2, 0) is 50.4 Å². The van der Waals surface area contributed by atoms with E-state index in [0.29, 0.717) is 48.1 Å². The summed E-state index contributed by atoms with van der Waals surface area (Å²) in [5.74, 6) is 0.827. The molecular formula is C50H47ClN4O5. The maximum atomic E-state index is 15.0. The van der Waals surface area contributed by atoms with Crippen LogP contribution < -0.4 is 14.4 Å². The summed E-state index contributed by atoms with van der Waals surface area (Å²) >= 11 is 6.30. The van der Waals surface area contributed by atoms with Gasteiger partial charge in [-0.1, -0.05) is 78.3 Å². The summed E-state index contributed by atoms with van der Waals surface area (Å²) in [6.45, 7) is 4.38. The fraction of sp³-hybridized carbons (Fsp3) is 0.260. The van der Waals surface area contributed by atoms with E-state index < -0.39 is 0 Å². The zero-order chi connectivity index (χ0) is 41.3. The molecule has 10 heteroatoms. The Morgan fingerprint density at radius 2 is 1.47 bits per heavy atom. The molecule has 0 fully saturated rings. The van der Waals surface area contributed by atoms with Gasteiger partial charge >= 0.3 is 0 Å². The van der Waals surface area contributed by atoms with Gasteiger partial charge in [-0.15, -0.1) is 0 Å². The molecule has 6 aromatic rings. The van der Waals surface area contributed by atoms with Crippen LogP contribution in [0.25, 0.3) is 11.3 Å². The normalized spacial score (nSPS) is 15.5. The van der Waals surface area contributed by atoms with Gasteiger partial charge in [0.15, 0.2) is 6.61 Å². The van der Waals surface area contributed by atoms with Gasteiger partial charge in [-0.05, 0) is 115 Å². The molecule has 0 spiro atoms. The highest BCUT2D eigenvalue weighted by Gasteiger charge is 2.34. The SMILES string of the molecule is C[C@@H]1Cc2ccccc2CN1C(=O)c1cc2c(cc1-c1cc(C(=O)N(C)c3ccc(OCc4ccccc4)cc3)c3n1CCCC3)CN(C(=O)COc1ccccc1Cl)C2. The molecule has 0 N–H and O–H groups in total. The lowest BCUT2D eigenvalue weighted by Crippen LogP contribution is -2.42. The second kappa shape index (κ2) is 16.7. The first-order chi connectivity index (χ1) is 29.2. The van der Waals surface area contributed by atoms with Crippen molar-refractivity contribution in [1.29, 1.82) is 0 Å². The number of aromatic nitrogens is 1. The van der Waals surface area contributed by atoms with Crippen LogP contribution in [0.5, 0.6) is 11.5 Å². The first-order valence-electron chi connectivity index (χ1n) is 20.7. The number of hydrogen-bond acceptors (Lipinski definition) is 5. The third kappa shape index (κ3) is 7.77. The number of nitrogens with zero attached hydrogens (tertiary/aromatic N) is 4. The first-order valence-corrected chi connectivity index (χ1v) is 21.1. The zero-order valence-corrected chi connectivity index (χ0v) is 34.7. The lowest BCUT2D eigenvalue weighted by molar-refractivity contribution is -0.134. The van der Waals surface area contributed by atoms with E-state index in [0.717, 1.165) is 82.9 Å². The highest BCUT2D eigenvalue weighted by Crippen LogP contribution is 2.39. The predicted molar refractivity (Wildman–Crippen MR) is 233 cm³/mol. The van der Waals surface area contributed by atoms with Crippen molar-refractivity contribution in [3.8, 4) is 22.8 Å². The summed E-state index contributed by atoms with van der Waals surface area (Å²) in [7, 11) is 1.80. The Morgan fingerprint density at radius 1 is 0.750 bits per heavy atom. The van der Waals surface area contributed by atoms with Gasteiger partial charge in [0.25, 0.3) is 17.7 Å². The Labute approximate surface area is 355 Å². The minimum absolute atomic E-state index is 0.0179. The standard InChI is InChI=1S/C50H47ClN4O5/c1-33-24-35-14-6-7-15-36(35)30-55(33)50(58)42-26-38-29-53(48(56)32-60-47-18-9-8-16-44(47)51)28-37(38)25-41(42)46-27-43(45-17-10-11-23-54(45)46)49(57)52(2)39-19-21-40(22-20-39)59-31-34-12-4-3-5-13-34/h3-9,12-16,18-22,25-27,33H,10-11,17,23-24,28-32H2,1-2H3/t33-/m1/s1. The second-order valence-corrected chi connectivity index (χ2v) is 16.4. The van der Waals surface area contributed by atoms with Crippen molar-refractivity contribution in [3.63, 3.8) is 0 Å². The Bertz CT molecular complexity index is 2590. The van der Waals surface area contributed by atoms with Gasteiger partial charge < -0.3 is 28.7 Å². The molecule has 0 radical (unpaired) electrons. The average molecular weight is 819 g/mol. The smallest absolute Gasteiger partial charge is 0.261 e. The predicted octanol–water partition coefficient (Wildman–Crippen LogP) is 9.51. The molecule has 4 heterocycles. The monoisotopic (exact) mass is 818 g/mol. The molecule has 0 aliphatic carbocycles.